The van der Waals surface area contributed by atoms with Crippen molar-refractivity contribution >= 4 is 24.2 Å². The Bertz CT molecular complexity index is 336. The summed E-state index contributed by atoms with van der Waals surface area (Å²) in [6.45, 7) is 1.47. The summed E-state index contributed by atoms with van der Waals surface area (Å²) < 4.78 is 5.69. The number of ether oxygens (including phenoxy) is 1. The minimum atomic E-state index is 0.377. The highest BCUT2D eigenvalue weighted by atomic mass is 35.5. The number of benzene rings is 1. The van der Waals surface area contributed by atoms with Crippen LogP contribution in [-0.4, -0.2) is 12.4 Å². The molecule has 1 fully saturated rings. The molecular weight excluding hydrogens is 228 g/mol. The zero-order chi connectivity index (χ0) is 10.7. The molecule has 82 valence electrons. The Hall–Kier alpha value is -0.180. The summed E-state index contributed by atoms with van der Waals surface area (Å²) >= 11 is 10.2. The van der Waals surface area contributed by atoms with Gasteiger partial charge in [-0.05, 0) is 36.3 Å². The van der Waals surface area contributed by atoms with Gasteiger partial charge in [-0.1, -0.05) is 23.7 Å². The lowest BCUT2D eigenvalue weighted by atomic mass is 10.1. The van der Waals surface area contributed by atoms with Crippen molar-refractivity contribution in [3.8, 4) is 0 Å². The van der Waals surface area contributed by atoms with Gasteiger partial charge >= 0.3 is 0 Å². The molecule has 0 aliphatic heterocycles. The molecule has 0 N–H and O–H groups in total. The summed E-state index contributed by atoms with van der Waals surface area (Å²) in [4.78, 5) is 0. The molecule has 0 amide bonds. The largest absolute Gasteiger partial charge is 0.376 e. The Labute approximate surface area is 101 Å². The lowest BCUT2D eigenvalue weighted by Crippen LogP contribution is -2.11. The molecule has 0 aromatic heterocycles. The van der Waals surface area contributed by atoms with E-state index in [-0.39, 0.29) is 0 Å². The molecular formula is C12H15ClOS. The zero-order valence-corrected chi connectivity index (χ0v) is 10.2. The van der Waals surface area contributed by atoms with Crippen LogP contribution < -0.4 is 0 Å². The molecule has 0 unspecified atom stereocenters. The van der Waals surface area contributed by atoms with Crippen LogP contribution in [0.4, 0.5) is 0 Å². The molecule has 1 aromatic rings. The van der Waals surface area contributed by atoms with Crippen LogP contribution in [-0.2, 0) is 11.3 Å². The number of thiol groups is 1. The topological polar surface area (TPSA) is 9.23 Å². The second-order valence-electron chi connectivity index (χ2n) is 4.28. The third-order valence-electron chi connectivity index (χ3n) is 2.86. The first kappa shape index (κ1) is 11.3. The van der Waals surface area contributed by atoms with E-state index in [0.29, 0.717) is 12.0 Å². The van der Waals surface area contributed by atoms with Gasteiger partial charge in [0.15, 0.2) is 0 Å². The summed E-state index contributed by atoms with van der Waals surface area (Å²) in [5.41, 5.74) is 1.51. The van der Waals surface area contributed by atoms with Crippen molar-refractivity contribution in [1.29, 1.82) is 0 Å². The van der Waals surface area contributed by atoms with E-state index in [9.17, 15) is 0 Å². The monoisotopic (exact) mass is 242 g/mol. The molecule has 1 saturated carbocycles. The molecule has 1 aliphatic carbocycles. The molecule has 0 heterocycles. The molecule has 2 rings (SSSR count). The molecule has 0 atom stereocenters. The molecule has 0 spiro atoms. The van der Waals surface area contributed by atoms with Gasteiger partial charge in [0.2, 0.25) is 0 Å². The Morgan fingerprint density at radius 3 is 2.80 bits per heavy atom. The molecule has 1 aromatic carbocycles. The first-order valence-corrected chi connectivity index (χ1v) is 6.18. The van der Waals surface area contributed by atoms with Crippen LogP contribution in [0.3, 0.4) is 0 Å². The molecule has 0 saturated heterocycles. The maximum atomic E-state index is 5.89. The fourth-order valence-corrected chi connectivity index (χ4v) is 2.16. The normalized spacial score (nSPS) is 17.7. The van der Waals surface area contributed by atoms with E-state index < -0.39 is 0 Å². The first-order chi connectivity index (χ1) is 7.24. The van der Waals surface area contributed by atoms with Gasteiger partial charge in [-0.25, -0.2) is 0 Å². The van der Waals surface area contributed by atoms with E-state index in [2.05, 4.69) is 12.6 Å². The van der Waals surface area contributed by atoms with Crippen LogP contribution in [0.1, 0.15) is 18.4 Å². The van der Waals surface area contributed by atoms with Crippen molar-refractivity contribution in [3.05, 3.63) is 34.9 Å². The van der Waals surface area contributed by atoms with Gasteiger partial charge in [-0.15, -0.1) is 0 Å². The summed E-state index contributed by atoms with van der Waals surface area (Å²) in [6, 6.07) is 7.81. The fourth-order valence-electron chi connectivity index (χ4n) is 1.54. The minimum Gasteiger partial charge on any atom is -0.376 e. The van der Waals surface area contributed by atoms with Gasteiger partial charge in [0.25, 0.3) is 0 Å². The Morgan fingerprint density at radius 2 is 2.20 bits per heavy atom. The van der Waals surface area contributed by atoms with Crippen molar-refractivity contribution in [1.82, 2.24) is 0 Å². The third kappa shape index (κ3) is 3.13. The smallest absolute Gasteiger partial charge is 0.0717 e. The predicted molar refractivity (Wildman–Crippen MR) is 66.6 cm³/mol. The van der Waals surface area contributed by atoms with Crippen molar-refractivity contribution in [2.24, 2.45) is 5.41 Å². The van der Waals surface area contributed by atoms with Crippen LogP contribution >= 0.6 is 24.2 Å². The van der Waals surface area contributed by atoms with Crippen molar-refractivity contribution < 1.29 is 4.74 Å². The van der Waals surface area contributed by atoms with E-state index in [1.165, 1.54) is 12.8 Å². The average molecular weight is 243 g/mol. The van der Waals surface area contributed by atoms with Crippen LogP contribution in [0.5, 0.6) is 0 Å². The Kier molecular flexibility index (Phi) is 3.60. The van der Waals surface area contributed by atoms with Crippen LogP contribution in [0.25, 0.3) is 0 Å². The predicted octanol–water partition coefficient (Wildman–Crippen LogP) is 3.57. The number of rotatable bonds is 5. The van der Waals surface area contributed by atoms with Gasteiger partial charge in [0.05, 0.1) is 13.2 Å². The average Bonchev–Trinajstić information content (AvgIpc) is 2.99. The number of hydrogen-bond acceptors (Lipinski definition) is 2. The van der Waals surface area contributed by atoms with Crippen molar-refractivity contribution in [3.63, 3.8) is 0 Å². The van der Waals surface area contributed by atoms with Gasteiger partial charge in [0.1, 0.15) is 0 Å². The first-order valence-electron chi connectivity index (χ1n) is 5.17. The van der Waals surface area contributed by atoms with E-state index in [4.69, 9.17) is 16.3 Å². The van der Waals surface area contributed by atoms with Gasteiger partial charge in [-0.3, -0.25) is 0 Å². The molecule has 1 aliphatic rings. The highest BCUT2D eigenvalue weighted by Crippen LogP contribution is 2.46. The van der Waals surface area contributed by atoms with E-state index in [1.54, 1.807) is 0 Å². The van der Waals surface area contributed by atoms with E-state index in [0.717, 1.165) is 22.9 Å². The summed E-state index contributed by atoms with van der Waals surface area (Å²) in [5, 5.41) is 0.770. The highest BCUT2D eigenvalue weighted by molar-refractivity contribution is 7.80. The fraction of sp³-hybridized carbons (Fsp3) is 0.500. The molecule has 0 radical (unpaired) electrons. The Balaban J connectivity index is 1.78. The van der Waals surface area contributed by atoms with Gasteiger partial charge in [0, 0.05) is 10.4 Å². The number of hydrogen-bond donors (Lipinski definition) is 1. The summed E-state index contributed by atoms with van der Waals surface area (Å²) in [6.07, 6.45) is 2.51. The Morgan fingerprint density at radius 1 is 1.40 bits per heavy atom. The zero-order valence-electron chi connectivity index (χ0n) is 8.58. The van der Waals surface area contributed by atoms with Gasteiger partial charge in [-0.2, -0.15) is 12.6 Å². The second kappa shape index (κ2) is 4.77. The second-order valence-corrected chi connectivity index (χ2v) is 5.03. The lowest BCUT2D eigenvalue weighted by molar-refractivity contribution is 0.0858. The summed E-state index contributed by atoms with van der Waals surface area (Å²) in [5.74, 6) is 0.933. The number of halogens is 1. The van der Waals surface area contributed by atoms with E-state index in [1.807, 2.05) is 24.3 Å². The maximum absolute atomic E-state index is 5.89. The molecule has 3 heteroatoms. The standard InChI is InChI=1S/C12H15ClOS/c13-11-3-1-2-10(6-11)7-14-8-12(9-15)4-5-12/h1-3,6,15H,4-5,7-9H2. The van der Waals surface area contributed by atoms with Crippen LogP contribution in [0, 0.1) is 5.41 Å². The van der Waals surface area contributed by atoms with Crippen LogP contribution in [0.15, 0.2) is 24.3 Å². The molecule has 0 bridgehead atoms. The molecule has 1 nitrogen and oxygen atoms in total. The highest BCUT2D eigenvalue weighted by Gasteiger charge is 2.41. The third-order valence-corrected chi connectivity index (χ3v) is 3.76. The SMILES string of the molecule is SCC1(COCc2cccc(Cl)c2)CC1. The lowest BCUT2D eigenvalue weighted by Gasteiger charge is -2.12. The van der Waals surface area contributed by atoms with Crippen molar-refractivity contribution in [2.45, 2.75) is 19.4 Å². The quantitative estimate of drug-likeness (QED) is 0.777. The molecule has 15 heavy (non-hydrogen) atoms. The summed E-state index contributed by atoms with van der Waals surface area (Å²) in [7, 11) is 0. The van der Waals surface area contributed by atoms with Gasteiger partial charge < -0.3 is 4.74 Å². The van der Waals surface area contributed by atoms with E-state index >= 15 is 0 Å². The maximum Gasteiger partial charge on any atom is 0.0717 e. The minimum absolute atomic E-state index is 0.377. The van der Waals surface area contributed by atoms with Crippen LogP contribution in [0.2, 0.25) is 5.02 Å². The van der Waals surface area contributed by atoms with Crippen molar-refractivity contribution in [2.75, 3.05) is 12.4 Å².